The van der Waals surface area contributed by atoms with Crippen molar-refractivity contribution in [2.75, 3.05) is 13.1 Å². The molecule has 0 amide bonds. The van der Waals surface area contributed by atoms with Crippen LogP contribution in [0.25, 0.3) is 0 Å². The summed E-state index contributed by atoms with van der Waals surface area (Å²) in [6.45, 7) is 0.216. The van der Waals surface area contributed by atoms with Gasteiger partial charge < -0.3 is 0 Å². The Morgan fingerprint density at radius 3 is 2.48 bits per heavy atom. The number of hydrogen-bond donors (Lipinski definition) is 0. The molecule has 1 aromatic heterocycles. The Morgan fingerprint density at radius 2 is 1.85 bits per heavy atom. The van der Waals surface area contributed by atoms with Crippen molar-refractivity contribution in [3.63, 3.8) is 0 Å². The van der Waals surface area contributed by atoms with Crippen LogP contribution in [0.15, 0.2) is 46.0 Å². The summed E-state index contributed by atoms with van der Waals surface area (Å²) in [5.41, 5.74) is 0.565. The maximum absolute atomic E-state index is 12.9. The van der Waals surface area contributed by atoms with Gasteiger partial charge in [-0.05, 0) is 46.5 Å². The Balaban J connectivity index is 1.56. The van der Waals surface area contributed by atoms with Crippen LogP contribution in [0, 0.1) is 15.5 Å². The van der Waals surface area contributed by atoms with Gasteiger partial charge in [-0.3, -0.25) is 19.9 Å². The number of benzene rings is 1. The molecule has 1 aliphatic heterocycles. The lowest BCUT2D eigenvalue weighted by Gasteiger charge is -2.50. The first-order chi connectivity index (χ1) is 12.7. The number of Topliss-reactive ketones (excluding diaryl/α,β-unsaturated/α-hetero) is 1. The molecule has 0 bridgehead atoms. The van der Waals surface area contributed by atoms with Gasteiger partial charge in [0.05, 0.1) is 15.2 Å². The van der Waals surface area contributed by atoms with E-state index in [-0.39, 0.29) is 29.5 Å². The van der Waals surface area contributed by atoms with Crippen LogP contribution in [0.1, 0.15) is 22.3 Å². The summed E-state index contributed by atoms with van der Waals surface area (Å²) in [5, 5.41) is 10.7. The van der Waals surface area contributed by atoms with Crippen LogP contribution >= 0.6 is 15.9 Å². The van der Waals surface area contributed by atoms with Crippen molar-refractivity contribution in [3.05, 3.63) is 62.4 Å². The Morgan fingerprint density at radius 1 is 1.19 bits per heavy atom. The molecule has 0 unspecified atom stereocenters. The molecule has 27 heavy (non-hydrogen) atoms. The van der Waals surface area contributed by atoms with E-state index in [1.165, 1.54) is 22.6 Å². The summed E-state index contributed by atoms with van der Waals surface area (Å²) in [6.07, 6.45) is 4.44. The highest BCUT2D eigenvalue weighted by Crippen LogP contribution is 2.45. The number of non-ortho nitro benzene ring substituents is 1. The standard InChI is InChI=1S/C17H14BrN3O5S/c18-15-8-19-7-14-13(15)5-6-17(16(14)22)9-20(10-17)27(25,26)12-3-1-11(2-4-12)21(23)24/h1-4,7-8H,5-6,9-10H2. The summed E-state index contributed by atoms with van der Waals surface area (Å²) in [7, 11) is -3.80. The zero-order valence-electron chi connectivity index (χ0n) is 14.0. The predicted octanol–water partition coefficient (Wildman–Crippen LogP) is 2.57. The van der Waals surface area contributed by atoms with E-state index in [1.807, 2.05) is 0 Å². The van der Waals surface area contributed by atoms with Crippen LogP contribution in [0.3, 0.4) is 0 Å². The molecule has 0 saturated carbocycles. The number of rotatable bonds is 3. The number of ketones is 1. The Labute approximate surface area is 163 Å². The summed E-state index contributed by atoms with van der Waals surface area (Å²) in [5.74, 6) is -0.0762. The number of fused-ring (bicyclic) bond motifs is 1. The van der Waals surface area contributed by atoms with Crippen molar-refractivity contribution in [3.8, 4) is 0 Å². The molecule has 0 radical (unpaired) electrons. The minimum atomic E-state index is -3.80. The SMILES string of the molecule is O=C1c2cncc(Br)c2CCC12CN(S(=O)(=O)c1ccc([N+](=O)[O-])cc1)C2. The summed E-state index contributed by atoms with van der Waals surface area (Å²) in [4.78, 5) is 27.1. The lowest BCUT2D eigenvalue weighted by molar-refractivity contribution is -0.384. The molecule has 1 aromatic carbocycles. The molecule has 1 fully saturated rings. The monoisotopic (exact) mass is 451 g/mol. The highest BCUT2D eigenvalue weighted by molar-refractivity contribution is 9.10. The third kappa shape index (κ3) is 2.79. The molecule has 4 rings (SSSR count). The van der Waals surface area contributed by atoms with Crippen LogP contribution in [-0.2, 0) is 16.4 Å². The molecule has 8 nitrogen and oxygen atoms in total. The van der Waals surface area contributed by atoms with E-state index in [4.69, 9.17) is 0 Å². The third-order valence-corrected chi connectivity index (χ3v) is 7.72. The van der Waals surface area contributed by atoms with E-state index >= 15 is 0 Å². The van der Waals surface area contributed by atoms with E-state index in [0.29, 0.717) is 18.4 Å². The molecule has 10 heteroatoms. The van der Waals surface area contributed by atoms with Gasteiger partial charge in [-0.1, -0.05) is 0 Å². The molecule has 2 aromatic rings. The maximum Gasteiger partial charge on any atom is 0.269 e. The van der Waals surface area contributed by atoms with Gasteiger partial charge in [0, 0.05) is 47.7 Å². The molecular weight excluding hydrogens is 438 g/mol. The van der Waals surface area contributed by atoms with Crippen molar-refractivity contribution in [2.24, 2.45) is 5.41 Å². The first kappa shape index (κ1) is 18.2. The summed E-state index contributed by atoms with van der Waals surface area (Å²) < 4.78 is 27.5. The molecule has 1 aliphatic carbocycles. The van der Waals surface area contributed by atoms with E-state index in [9.17, 15) is 23.3 Å². The van der Waals surface area contributed by atoms with E-state index in [1.54, 1.807) is 6.20 Å². The average Bonchev–Trinajstić information content (AvgIpc) is 2.61. The van der Waals surface area contributed by atoms with Crippen LogP contribution in [-0.4, -0.2) is 41.5 Å². The molecule has 0 N–H and O–H groups in total. The minimum absolute atomic E-state index is 0.0176. The van der Waals surface area contributed by atoms with Gasteiger partial charge >= 0.3 is 0 Å². The first-order valence-electron chi connectivity index (χ1n) is 8.16. The molecule has 1 spiro atoms. The summed E-state index contributed by atoms with van der Waals surface area (Å²) >= 11 is 3.41. The molecule has 2 aliphatic rings. The fraction of sp³-hybridized carbons (Fsp3) is 0.294. The third-order valence-electron chi connectivity index (χ3n) is 5.23. The average molecular weight is 452 g/mol. The zero-order valence-corrected chi connectivity index (χ0v) is 16.4. The van der Waals surface area contributed by atoms with Gasteiger partial charge in [0.1, 0.15) is 0 Å². The largest absolute Gasteiger partial charge is 0.293 e. The number of nitro benzene ring substituents is 1. The molecule has 0 atom stereocenters. The fourth-order valence-corrected chi connectivity index (χ4v) is 5.81. The number of halogens is 1. The van der Waals surface area contributed by atoms with Crippen molar-refractivity contribution < 1.29 is 18.1 Å². The number of aromatic nitrogens is 1. The van der Waals surface area contributed by atoms with Gasteiger partial charge in [0.15, 0.2) is 5.78 Å². The van der Waals surface area contributed by atoms with E-state index in [0.717, 1.165) is 22.2 Å². The number of nitrogens with zero attached hydrogens (tertiary/aromatic N) is 3. The van der Waals surface area contributed by atoms with Gasteiger partial charge in [-0.15, -0.1) is 0 Å². The van der Waals surface area contributed by atoms with Gasteiger partial charge in [0.2, 0.25) is 10.0 Å². The molecule has 140 valence electrons. The number of hydrogen-bond acceptors (Lipinski definition) is 6. The van der Waals surface area contributed by atoms with Crippen molar-refractivity contribution >= 4 is 37.4 Å². The smallest absolute Gasteiger partial charge is 0.269 e. The number of pyridine rings is 1. The molecular formula is C17H14BrN3O5S. The first-order valence-corrected chi connectivity index (χ1v) is 10.4. The van der Waals surface area contributed by atoms with Crippen LogP contribution in [0.5, 0.6) is 0 Å². The van der Waals surface area contributed by atoms with Gasteiger partial charge in [-0.25, -0.2) is 8.42 Å². The summed E-state index contributed by atoms with van der Waals surface area (Å²) in [6, 6.07) is 4.76. The number of carbonyl (C=O) groups excluding carboxylic acids is 1. The second-order valence-corrected chi connectivity index (χ2v) is 9.57. The van der Waals surface area contributed by atoms with Crippen molar-refractivity contribution in [1.29, 1.82) is 0 Å². The van der Waals surface area contributed by atoms with E-state index in [2.05, 4.69) is 20.9 Å². The Bertz CT molecular complexity index is 1060. The fourth-order valence-electron chi connectivity index (χ4n) is 3.66. The lowest BCUT2D eigenvalue weighted by atomic mass is 9.67. The highest BCUT2D eigenvalue weighted by atomic mass is 79.9. The number of nitro groups is 1. The van der Waals surface area contributed by atoms with Gasteiger partial charge in [-0.2, -0.15) is 4.31 Å². The Kier molecular flexibility index (Phi) is 4.17. The van der Waals surface area contributed by atoms with Crippen LogP contribution in [0.4, 0.5) is 5.69 Å². The lowest BCUT2D eigenvalue weighted by Crippen LogP contribution is -2.63. The quantitative estimate of drug-likeness (QED) is 0.523. The van der Waals surface area contributed by atoms with Gasteiger partial charge in [0.25, 0.3) is 5.69 Å². The van der Waals surface area contributed by atoms with Crippen molar-refractivity contribution in [1.82, 2.24) is 9.29 Å². The van der Waals surface area contributed by atoms with E-state index < -0.39 is 20.4 Å². The van der Waals surface area contributed by atoms with Crippen LogP contribution < -0.4 is 0 Å². The second-order valence-electron chi connectivity index (χ2n) is 6.78. The molecule has 1 saturated heterocycles. The molecule has 2 heterocycles. The zero-order chi connectivity index (χ0) is 19.4. The minimum Gasteiger partial charge on any atom is -0.293 e. The number of sulfonamides is 1. The Hall–Kier alpha value is -2.17. The predicted molar refractivity (Wildman–Crippen MR) is 98.9 cm³/mol. The van der Waals surface area contributed by atoms with Crippen molar-refractivity contribution in [2.45, 2.75) is 17.7 Å². The normalized spacial score (nSPS) is 18.8. The topological polar surface area (TPSA) is 110 Å². The maximum atomic E-state index is 12.9. The highest BCUT2D eigenvalue weighted by Gasteiger charge is 2.55. The van der Waals surface area contributed by atoms with Crippen LogP contribution in [0.2, 0.25) is 0 Å². The second kappa shape index (κ2) is 6.18. The number of carbonyl (C=O) groups is 1.